The van der Waals surface area contributed by atoms with E-state index in [1.54, 1.807) is 6.92 Å². The van der Waals surface area contributed by atoms with Crippen molar-refractivity contribution < 1.29 is 4.79 Å². The van der Waals surface area contributed by atoms with Gasteiger partial charge in [-0.3, -0.25) is 4.79 Å². The molecule has 0 aromatic heterocycles. The molecule has 1 heteroatoms. The highest BCUT2D eigenvalue weighted by Crippen LogP contribution is 2.30. The van der Waals surface area contributed by atoms with Gasteiger partial charge in [-0.25, -0.2) is 0 Å². The molecule has 82 valence electrons. The van der Waals surface area contributed by atoms with Crippen LogP contribution in [-0.4, -0.2) is 5.78 Å². The van der Waals surface area contributed by atoms with Gasteiger partial charge in [-0.2, -0.15) is 0 Å². The Balaban J connectivity index is 3.09. The Hall–Kier alpha value is -1.11. The van der Waals surface area contributed by atoms with Gasteiger partial charge < -0.3 is 0 Å². The van der Waals surface area contributed by atoms with Crippen LogP contribution in [0.1, 0.15) is 43.9 Å². The standard InChI is InChI=1S/C14H20O/c1-10-6-7-13(11(2)8-10)14(4,5)9-12(3)15/h6-8H,9H2,1-5H3. The summed E-state index contributed by atoms with van der Waals surface area (Å²) in [5, 5.41) is 0. The van der Waals surface area contributed by atoms with Crippen molar-refractivity contribution in [3.63, 3.8) is 0 Å². The van der Waals surface area contributed by atoms with Gasteiger partial charge in [-0.05, 0) is 37.3 Å². The maximum atomic E-state index is 11.2. The summed E-state index contributed by atoms with van der Waals surface area (Å²) in [7, 11) is 0. The fourth-order valence-corrected chi connectivity index (χ4v) is 2.29. The van der Waals surface area contributed by atoms with Gasteiger partial charge in [-0.1, -0.05) is 37.6 Å². The molecule has 0 spiro atoms. The van der Waals surface area contributed by atoms with E-state index < -0.39 is 0 Å². The maximum absolute atomic E-state index is 11.2. The maximum Gasteiger partial charge on any atom is 0.130 e. The predicted molar refractivity (Wildman–Crippen MR) is 64.2 cm³/mol. The third kappa shape index (κ3) is 2.92. The molecule has 0 atom stereocenters. The van der Waals surface area contributed by atoms with Crippen molar-refractivity contribution in [2.45, 2.75) is 46.5 Å². The molecule has 0 aliphatic heterocycles. The van der Waals surface area contributed by atoms with Crippen LogP contribution in [0, 0.1) is 13.8 Å². The average molecular weight is 204 g/mol. The summed E-state index contributed by atoms with van der Waals surface area (Å²) >= 11 is 0. The molecule has 0 radical (unpaired) electrons. The molecular weight excluding hydrogens is 184 g/mol. The summed E-state index contributed by atoms with van der Waals surface area (Å²) in [5.41, 5.74) is 3.78. The molecule has 0 amide bonds. The van der Waals surface area contributed by atoms with E-state index in [1.165, 1.54) is 16.7 Å². The zero-order chi connectivity index (χ0) is 11.6. The largest absolute Gasteiger partial charge is 0.300 e. The lowest BCUT2D eigenvalue weighted by molar-refractivity contribution is -0.118. The topological polar surface area (TPSA) is 17.1 Å². The van der Waals surface area contributed by atoms with Gasteiger partial charge in [0.2, 0.25) is 0 Å². The van der Waals surface area contributed by atoms with Crippen LogP contribution >= 0.6 is 0 Å². The van der Waals surface area contributed by atoms with Crippen molar-refractivity contribution in [1.29, 1.82) is 0 Å². The molecule has 1 aromatic rings. The van der Waals surface area contributed by atoms with E-state index in [-0.39, 0.29) is 11.2 Å². The minimum Gasteiger partial charge on any atom is -0.300 e. The van der Waals surface area contributed by atoms with Crippen molar-refractivity contribution in [3.8, 4) is 0 Å². The number of aryl methyl sites for hydroxylation is 2. The van der Waals surface area contributed by atoms with E-state index in [9.17, 15) is 4.79 Å². The zero-order valence-corrected chi connectivity index (χ0v) is 10.3. The van der Waals surface area contributed by atoms with E-state index >= 15 is 0 Å². The Kier molecular flexibility index (Phi) is 3.33. The number of ketones is 1. The van der Waals surface area contributed by atoms with Crippen LogP contribution in [0.5, 0.6) is 0 Å². The van der Waals surface area contributed by atoms with Crippen LogP contribution in [0.3, 0.4) is 0 Å². The van der Waals surface area contributed by atoms with E-state index in [2.05, 4.69) is 45.9 Å². The molecule has 1 rings (SSSR count). The number of Topliss-reactive ketones (excluding diaryl/α,β-unsaturated/α-hetero) is 1. The minimum absolute atomic E-state index is 0.0520. The van der Waals surface area contributed by atoms with Crippen LogP contribution in [0.2, 0.25) is 0 Å². The minimum atomic E-state index is -0.0520. The number of carbonyl (C=O) groups excluding carboxylic acids is 1. The van der Waals surface area contributed by atoms with E-state index in [1.807, 2.05) is 0 Å². The van der Waals surface area contributed by atoms with Gasteiger partial charge in [0, 0.05) is 6.42 Å². The molecule has 0 saturated carbocycles. The molecule has 1 nitrogen and oxygen atoms in total. The molecule has 0 bridgehead atoms. The molecule has 0 aliphatic rings. The van der Waals surface area contributed by atoms with Gasteiger partial charge in [-0.15, -0.1) is 0 Å². The number of rotatable bonds is 3. The van der Waals surface area contributed by atoms with Crippen molar-refractivity contribution in [2.75, 3.05) is 0 Å². The summed E-state index contributed by atoms with van der Waals surface area (Å²) in [6.07, 6.45) is 0.608. The fraction of sp³-hybridized carbons (Fsp3) is 0.500. The Morgan fingerprint density at radius 3 is 2.33 bits per heavy atom. The summed E-state index contributed by atoms with van der Waals surface area (Å²) in [6.45, 7) is 10.1. The van der Waals surface area contributed by atoms with Crippen LogP contribution in [0.4, 0.5) is 0 Å². The first-order valence-corrected chi connectivity index (χ1v) is 5.40. The van der Waals surface area contributed by atoms with Gasteiger partial charge >= 0.3 is 0 Å². The smallest absolute Gasteiger partial charge is 0.130 e. The van der Waals surface area contributed by atoms with Crippen molar-refractivity contribution >= 4 is 5.78 Å². The summed E-state index contributed by atoms with van der Waals surface area (Å²) in [4.78, 5) is 11.2. The lowest BCUT2D eigenvalue weighted by Gasteiger charge is -2.26. The Labute approximate surface area is 92.5 Å². The van der Waals surface area contributed by atoms with Crippen LogP contribution in [0.15, 0.2) is 18.2 Å². The normalized spacial score (nSPS) is 11.5. The number of carbonyl (C=O) groups is 1. The number of benzene rings is 1. The molecule has 0 unspecified atom stereocenters. The van der Waals surface area contributed by atoms with Crippen LogP contribution < -0.4 is 0 Å². The molecule has 15 heavy (non-hydrogen) atoms. The predicted octanol–water partition coefficient (Wildman–Crippen LogP) is 3.56. The van der Waals surface area contributed by atoms with E-state index in [0.717, 1.165) is 0 Å². The van der Waals surface area contributed by atoms with Gasteiger partial charge in [0.15, 0.2) is 0 Å². The second kappa shape index (κ2) is 4.18. The van der Waals surface area contributed by atoms with Crippen LogP contribution in [-0.2, 0) is 10.2 Å². The second-order valence-electron chi connectivity index (χ2n) is 5.08. The highest BCUT2D eigenvalue weighted by Gasteiger charge is 2.23. The summed E-state index contributed by atoms with van der Waals surface area (Å²) in [5.74, 6) is 0.250. The van der Waals surface area contributed by atoms with Gasteiger partial charge in [0.25, 0.3) is 0 Å². The highest BCUT2D eigenvalue weighted by atomic mass is 16.1. The lowest BCUT2D eigenvalue weighted by atomic mass is 9.78. The Morgan fingerprint density at radius 1 is 1.27 bits per heavy atom. The zero-order valence-electron chi connectivity index (χ0n) is 10.3. The second-order valence-corrected chi connectivity index (χ2v) is 5.08. The summed E-state index contributed by atoms with van der Waals surface area (Å²) in [6, 6.07) is 6.44. The molecule has 0 heterocycles. The molecular formula is C14H20O. The Morgan fingerprint density at radius 2 is 1.87 bits per heavy atom. The third-order valence-electron chi connectivity index (χ3n) is 2.80. The van der Waals surface area contributed by atoms with Gasteiger partial charge in [0.05, 0.1) is 0 Å². The summed E-state index contributed by atoms with van der Waals surface area (Å²) < 4.78 is 0. The average Bonchev–Trinajstić information content (AvgIpc) is 1.99. The monoisotopic (exact) mass is 204 g/mol. The first kappa shape index (κ1) is 12.0. The third-order valence-corrected chi connectivity index (χ3v) is 2.80. The van der Waals surface area contributed by atoms with Crippen molar-refractivity contribution in [1.82, 2.24) is 0 Å². The number of hydrogen-bond donors (Lipinski definition) is 0. The van der Waals surface area contributed by atoms with Crippen LogP contribution in [0.25, 0.3) is 0 Å². The Bertz CT molecular complexity index is 375. The number of hydrogen-bond acceptors (Lipinski definition) is 1. The SMILES string of the molecule is CC(=O)CC(C)(C)c1ccc(C)cc1C. The first-order valence-electron chi connectivity index (χ1n) is 5.40. The van der Waals surface area contributed by atoms with E-state index in [4.69, 9.17) is 0 Å². The highest BCUT2D eigenvalue weighted by molar-refractivity contribution is 5.77. The van der Waals surface area contributed by atoms with Gasteiger partial charge in [0.1, 0.15) is 5.78 Å². The quantitative estimate of drug-likeness (QED) is 0.735. The molecule has 0 fully saturated rings. The van der Waals surface area contributed by atoms with E-state index in [0.29, 0.717) is 6.42 Å². The lowest BCUT2D eigenvalue weighted by Crippen LogP contribution is -2.21. The fourth-order valence-electron chi connectivity index (χ4n) is 2.29. The molecule has 0 saturated heterocycles. The molecule has 0 N–H and O–H groups in total. The van der Waals surface area contributed by atoms with Crippen molar-refractivity contribution in [3.05, 3.63) is 34.9 Å². The molecule has 1 aromatic carbocycles. The molecule has 0 aliphatic carbocycles. The van der Waals surface area contributed by atoms with Crippen molar-refractivity contribution in [2.24, 2.45) is 0 Å². The first-order chi connectivity index (χ1) is 6.83.